The van der Waals surface area contributed by atoms with Crippen LogP contribution in [0.5, 0.6) is 0 Å². The Balaban J connectivity index is 2.62. The average molecular weight is 273 g/mol. The predicted octanol–water partition coefficient (Wildman–Crippen LogP) is 4.18. The van der Waals surface area contributed by atoms with Crippen LogP contribution in [0.3, 0.4) is 0 Å². The van der Waals surface area contributed by atoms with Gasteiger partial charge in [0.25, 0.3) is 0 Å². The van der Waals surface area contributed by atoms with Crippen LogP contribution in [0.4, 0.5) is 0 Å². The Bertz CT molecular complexity index is 650. The van der Waals surface area contributed by atoms with E-state index in [1.807, 2.05) is 12.1 Å². The van der Waals surface area contributed by atoms with Crippen molar-refractivity contribution < 1.29 is 9.90 Å². The standard InChI is InChI=1S/C17H23NO2/c1-11(2)18-12(3)9-13-7-6-8-14(15(13)18)10-17(4,5)16(19)20/h6-9,11H,10H2,1-5H3,(H,19,20). The summed E-state index contributed by atoms with van der Waals surface area (Å²) in [5.74, 6) is -0.756. The van der Waals surface area contributed by atoms with Gasteiger partial charge in [-0.15, -0.1) is 0 Å². The molecule has 0 atom stereocenters. The summed E-state index contributed by atoms with van der Waals surface area (Å²) in [6.45, 7) is 9.98. The van der Waals surface area contributed by atoms with Crippen molar-refractivity contribution in [1.29, 1.82) is 0 Å². The van der Waals surface area contributed by atoms with Crippen molar-refractivity contribution in [3.05, 3.63) is 35.5 Å². The first-order chi connectivity index (χ1) is 9.24. The Hall–Kier alpha value is -1.77. The molecular formula is C17H23NO2. The molecule has 0 unspecified atom stereocenters. The molecule has 0 aliphatic heterocycles. The molecule has 0 spiro atoms. The molecule has 2 rings (SSSR count). The summed E-state index contributed by atoms with van der Waals surface area (Å²) in [5, 5.41) is 10.5. The van der Waals surface area contributed by atoms with Gasteiger partial charge >= 0.3 is 5.97 Å². The monoisotopic (exact) mass is 273 g/mol. The van der Waals surface area contributed by atoms with Gasteiger partial charge in [-0.3, -0.25) is 4.79 Å². The largest absolute Gasteiger partial charge is 0.481 e. The molecule has 1 aromatic carbocycles. The summed E-state index contributed by atoms with van der Waals surface area (Å²) in [7, 11) is 0. The molecule has 0 aliphatic rings. The summed E-state index contributed by atoms with van der Waals surface area (Å²) in [6, 6.07) is 8.69. The first-order valence-electron chi connectivity index (χ1n) is 7.07. The van der Waals surface area contributed by atoms with Crippen LogP contribution in [0.25, 0.3) is 10.9 Å². The Morgan fingerprint density at radius 2 is 2.00 bits per heavy atom. The molecule has 20 heavy (non-hydrogen) atoms. The van der Waals surface area contributed by atoms with Gasteiger partial charge in [-0.1, -0.05) is 18.2 Å². The zero-order chi connectivity index (χ0) is 15.1. The van der Waals surface area contributed by atoms with Gasteiger partial charge < -0.3 is 9.67 Å². The van der Waals surface area contributed by atoms with Gasteiger partial charge in [0.1, 0.15) is 0 Å². The number of aryl methyl sites for hydroxylation is 1. The average Bonchev–Trinajstić information content (AvgIpc) is 2.65. The molecule has 0 aliphatic carbocycles. The number of fused-ring (bicyclic) bond motifs is 1. The number of aromatic nitrogens is 1. The fourth-order valence-corrected chi connectivity index (χ4v) is 2.85. The number of benzene rings is 1. The summed E-state index contributed by atoms with van der Waals surface area (Å²) in [4.78, 5) is 11.4. The summed E-state index contributed by atoms with van der Waals surface area (Å²) < 4.78 is 2.29. The molecule has 3 nitrogen and oxygen atoms in total. The maximum Gasteiger partial charge on any atom is 0.309 e. The number of hydrogen-bond acceptors (Lipinski definition) is 1. The SMILES string of the molecule is Cc1cc2cccc(CC(C)(C)C(=O)O)c2n1C(C)C. The minimum absolute atomic E-state index is 0.363. The van der Waals surface area contributed by atoms with E-state index in [-0.39, 0.29) is 0 Å². The Morgan fingerprint density at radius 1 is 1.35 bits per heavy atom. The molecule has 1 heterocycles. The Morgan fingerprint density at radius 3 is 2.55 bits per heavy atom. The van der Waals surface area contributed by atoms with Gasteiger partial charge in [0.2, 0.25) is 0 Å². The molecule has 108 valence electrons. The molecule has 0 fully saturated rings. The van der Waals surface area contributed by atoms with E-state index in [1.54, 1.807) is 13.8 Å². The van der Waals surface area contributed by atoms with E-state index in [9.17, 15) is 9.90 Å². The van der Waals surface area contributed by atoms with Crippen LogP contribution in [0, 0.1) is 12.3 Å². The number of nitrogens with zero attached hydrogens (tertiary/aromatic N) is 1. The molecule has 0 saturated heterocycles. The maximum atomic E-state index is 11.4. The van der Waals surface area contributed by atoms with Crippen molar-refractivity contribution in [1.82, 2.24) is 4.57 Å². The van der Waals surface area contributed by atoms with E-state index in [0.29, 0.717) is 12.5 Å². The van der Waals surface area contributed by atoms with E-state index in [0.717, 1.165) is 5.56 Å². The van der Waals surface area contributed by atoms with Crippen LogP contribution >= 0.6 is 0 Å². The topological polar surface area (TPSA) is 42.2 Å². The van der Waals surface area contributed by atoms with Gasteiger partial charge in [0, 0.05) is 17.1 Å². The van der Waals surface area contributed by atoms with Gasteiger partial charge in [-0.25, -0.2) is 0 Å². The molecule has 0 amide bonds. The van der Waals surface area contributed by atoms with E-state index in [4.69, 9.17) is 0 Å². The second-order valence-electron chi connectivity index (χ2n) is 6.47. The molecule has 1 aromatic heterocycles. The van der Waals surface area contributed by atoms with Crippen LogP contribution in [0.2, 0.25) is 0 Å². The number of carboxylic acids is 1. The highest BCUT2D eigenvalue weighted by Gasteiger charge is 2.28. The van der Waals surface area contributed by atoms with E-state index >= 15 is 0 Å². The smallest absolute Gasteiger partial charge is 0.309 e. The minimum atomic E-state index is -0.756. The van der Waals surface area contributed by atoms with Crippen molar-refractivity contribution in [2.75, 3.05) is 0 Å². The minimum Gasteiger partial charge on any atom is -0.481 e. The number of carboxylic acid groups (broad SMARTS) is 1. The highest BCUT2D eigenvalue weighted by Crippen LogP contribution is 2.31. The highest BCUT2D eigenvalue weighted by atomic mass is 16.4. The Kier molecular flexibility index (Phi) is 3.63. The Labute approximate surface area is 120 Å². The fraction of sp³-hybridized carbons (Fsp3) is 0.471. The van der Waals surface area contributed by atoms with Crippen molar-refractivity contribution in [2.24, 2.45) is 5.41 Å². The van der Waals surface area contributed by atoms with Crippen molar-refractivity contribution in [3.8, 4) is 0 Å². The third-order valence-corrected chi connectivity index (χ3v) is 3.86. The number of carbonyl (C=O) groups is 1. The lowest BCUT2D eigenvalue weighted by Gasteiger charge is -2.21. The van der Waals surface area contributed by atoms with E-state index < -0.39 is 11.4 Å². The van der Waals surface area contributed by atoms with Crippen molar-refractivity contribution >= 4 is 16.9 Å². The maximum absolute atomic E-state index is 11.4. The van der Waals surface area contributed by atoms with Crippen LogP contribution in [-0.2, 0) is 11.2 Å². The first kappa shape index (κ1) is 14.6. The van der Waals surface area contributed by atoms with E-state index in [2.05, 4.69) is 37.5 Å². The molecule has 0 radical (unpaired) electrons. The summed E-state index contributed by atoms with van der Waals surface area (Å²) >= 11 is 0. The van der Waals surface area contributed by atoms with Crippen LogP contribution in [0.1, 0.15) is 45.0 Å². The number of para-hydroxylation sites is 1. The van der Waals surface area contributed by atoms with Crippen molar-refractivity contribution in [3.63, 3.8) is 0 Å². The van der Waals surface area contributed by atoms with Crippen LogP contribution in [-0.4, -0.2) is 15.6 Å². The number of rotatable bonds is 4. The van der Waals surface area contributed by atoms with Crippen LogP contribution in [0.15, 0.2) is 24.3 Å². The van der Waals surface area contributed by atoms with Gasteiger partial charge in [-0.2, -0.15) is 0 Å². The molecule has 1 N–H and O–H groups in total. The van der Waals surface area contributed by atoms with Gasteiger partial charge in [0.05, 0.1) is 10.9 Å². The summed E-state index contributed by atoms with van der Waals surface area (Å²) in [6.07, 6.45) is 0.538. The zero-order valence-corrected chi connectivity index (χ0v) is 12.9. The molecule has 0 saturated carbocycles. The third kappa shape index (κ3) is 2.45. The molecule has 0 bridgehead atoms. The highest BCUT2D eigenvalue weighted by molar-refractivity contribution is 5.85. The second-order valence-corrected chi connectivity index (χ2v) is 6.47. The third-order valence-electron chi connectivity index (χ3n) is 3.86. The van der Waals surface area contributed by atoms with Crippen molar-refractivity contribution in [2.45, 2.75) is 47.1 Å². The molecule has 3 heteroatoms. The quantitative estimate of drug-likeness (QED) is 0.907. The second kappa shape index (κ2) is 4.97. The van der Waals surface area contributed by atoms with E-state index in [1.165, 1.54) is 16.6 Å². The fourth-order valence-electron chi connectivity index (χ4n) is 2.85. The number of aliphatic carboxylic acids is 1. The predicted molar refractivity (Wildman–Crippen MR) is 82.2 cm³/mol. The van der Waals surface area contributed by atoms with Crippen LogP contribution < -0.4 is 0 Å². The lowest BCUT2D eigenvalue weighted by atomic mass is 9.85. The lowest BCUT2D eigenvalue weighted by molar-refractivity contribution is -0.146. The van der Waals surface area contributed by atoms with Gasteiger partial charge in [0.15, 0.2) is 0 Å². The van der Waals surface area contributed by atoms with Gasteiger partial charge in [-0.05, 0) is 52.7 Å². The lowest BCUT2D eigenvalue weighted by Crippen LogP contribution is -2.26. The number of hydrogen-bond donors (Lipinski definition) is 1. The summed E-state index contributed by atoms with van der Waals surface area (Å²) in [5.41, 5.74) is 2.75. The first-order valence-corrected chi connectivity index (χ1v) is 7.07. The molecule has 2 aromatic rings. The normalized spacial score (nSPS) is 12.3. The zero-order valence-electron chi connectivity index (χ0n) is 12.9. The molecular weight excluding hydrogens is 250 g/mol.